The Morgan fingerprint density at radius 2 is 1.77 bits per heavy atom. The van der Waals surface area contributed by atoms with E-state index in [0.29, 0.717) is 17.5 Å². The molecule has 0 atom stereocenters. The van der Waals surface area contributed by atoms with Crippen molar-refractivity contribution in [1.82, 2.24) is 0 Å². The predicted octanol–water partition coefficient (Wildman–Crippen LogP) is 3.37. The fourth-order valence-corrected chi connectivity index (χ4v) is 2.76. The third-order valence-electron chi connectivity index (χ3n) is 3.69. The second-order valence-electron chi connectivity index (χ2n) is 5.30. The molecule has 2 aromatic rings. The quantitative estimate of drug-likeness (QED) is 0.678. The van der Waals surface area contributed by atoms with Gasteiger partial charge < -0.3 is 5.11 Å². The van der Waals surface area contributed by atoms with Gasteiger partial charge in [0.05, 0.1) is 5.56 Å². The van der Waals surface area contributed by atoms with Crippen LogP contribution in [0.25, 0.3) is 0 Å². The molecule has 0 aromatic heterocycles. The summed E-state index contributed by atoms with van der Waals surface area (Å²) in [6, 6.07) is 11.3. The summed E-state index contributed by atoms with van der Waals surface area (Å²) in [6.45, 7) is 3.05. The summed E-state index contributed by atoms with van der Waals surface area (Å²) in [4.78, 5) is 22.0. The number of aryl methyl sites for hydroxylation is 2. The maximum atomic E-state index is 11.5. The Labute approximate surface area is 128 Å². The van der Waals surface area contributed by atoms with Gasteiger partial charge in [0, 0.05) is 10.5 Å². The van der Waals surface area contributed by atoms with E-state index in [4.69, 9.17) is 0 Å². The van der Waals surface area contributed by atoms with Crippen molar-refractivity contribution in [3.05, 3.63) is 79.9 Å². The zero-order chi connectivity index (χ0) is 16.3. The molecule has 0 fully saturated rings. The second-order valence-corrected chi connectivity index (χ2v) is 5.30. The van der Waals surface area contributed by atoms with Crippen molar-refractivity contribution in [2.75, 3.05) is 0 Å². The smallest absolute Gasteiger partial charge is 0.336 e. The van der Waals surface area contributed by atoms with Crippen molar-refractivity contribution >= 4 is 5.97 Å². The minimum Gasteiger partial charge on any atom is -0.478 e. The maximum absolute atomic E-state index is 11.5. The number of carbonyl (C=O) groups is 1. The molecule has 0 amide bonds. The SMILES string of the molecule is Cc1cc(C)c(C(=O)O)c(C[N+](=O)[O-])c1Cc1ccccc1. The van der Waals surface area contributed by atoms with Gasteiger partial charge in [-0.3, -0.25) is 10.1 Å². The van der Waals surface area contributed by atoms with Crippen LogP contribution < -0.4 is 0 Å². The molecule has 0 saturated carbocycles. The molecule has 114 valence electrons. The largest absolute Gasteiger partial charge is 0.478 e. The highest BCUT2D eigenvalue weighted by atomic mass is 16.6. The number of hydrogen-bond donors (Lipinski definition) is 1. The molecular formula is C17H17NO4. The molecule has 0 aliphatic rings. The van der Waals surface area contributed by atoms with E-state index >= 15 is 0 Å². The minimum absolute atomic E-state index is 0.0493. The number of carboxylic acid groups (broad SMARTS) is 1. The van der Waals surface area contributed by atoms with Crippen molar-refractivity contribution in [2.24, 2.45) is 0 Å². The fourth-order valence-electron chi connectivity index (χ4n) is 2.76. The van der Waals surface area contributed by atoms with Crippen molar-refractivity contribution in [1.29, 1.82) is 0 Å². The first-order chi connectivity index (χ1) is 10.4. The summed E-state index contributed by atoms with van der Waals surface area (Å²) >= 11 is 0. The van der Waals surface area contributed by atoms with Crippen molar-refractivity contribution in [3.8, 4) is 0 Å². The maximum Gasteiger partial charge on any atom is 0.336 e. The van der Waals surface area contributed by atoms with Crippen molar-refractivity contribution in [2.45, 2.75) is 26.8 Å². The first-order valence-corrected chi connectivity index (χ1v) is 6.91. The Bertz CT molecular complexity index is 723. The lowest BCUT2D eigenvalue weighted by Gasteiger charge is -2.15. The third-order valence-corrected chi connectivity index (χ3v) is 3.69. The summed E-state index contributed by atoms with van der Waals surface area (Å²) in [5.74, 6) is -1.12. The van der Waals surface area contributed by atoms with Gasteiger partial charge in [-0.25, -0.2) is 4.79 Å². The molecule has 1 N–H and O–H groups in total. The Kier molecular flexibility index (Phi) is 4.56. The summed E-state index contributed by atoms with van der Waals surface area (Å²) in [7, 11) is 0. The third kappa shape index (κ3) is 3.31. The van der Waals surface area contributed by atoms with Gasteiger partial charge in [0.2, 0.25) is 6.54 Å². The van der Waals surface area contributed by atoms with Crippen LogP contribution in [0.3, 0.4) is 0 Å². The van der Waals surface area contributed by atoms with E-state index in [0.717, 1.165) is 16.7 Å². The zero-order valence-corrected chi connectivity index (χ0v) is 12.5. The minimum atomic E-state index is -1.12. The number of aromatic carboxylic acids is 1. The van der Waals surface area contributed by atoms with Crippen LogP contribution in [0.2, 0.25) is 0 Å². The summed E-state index contributed by atoms with van der Waals surface area (Å²) in [5.41, 5.74) is 3.51. The summed E-state index contributed by atoms with van der Waals surface area (Å²) in [6.07, 6.45) is 0.483. The molecule has 0 aliphatic carbocycles. The Hall–Kier alpha value is -2.69. The van der Waals surface area contributed by atoms with E-state index in [2.05, 4.69) is 0 Å². The molecule has 22 heavy (non-hydrogen) atoms. The number of rotatable bonds is 5. The molecule has 0 radical (unpaired) electrons. The lowest BCUT2D eigenvalue weighted by atomic mass is 9.89. The normalized spacial score (nSPS) is 10.5. The Morgan fingerprint density at radius 3 is 2.32 bits per heavy atom. The number of benzene rings is 2. The van der Waals surface area contributed by atoms with Crippen LogP contribution in [-0.2, 0) is 13.0 Å². The van der Waals surface area contributed by atoms with Gasteiger partial charge >= 0.3 is 5.97 Å². The van der Waals surface area contributed by atoms with Crippen molar-refractivity contribution in [3.63, 3.8) is 0 Å². The van der Waals surface area contributed by atoms with E-state index in [1.54, 1.807) is 13.0 Å². The van der Waals surface area contributed by atoms with Crippen LogP contribution in [-0.4, -0.2) is 16.0 Å². The lowest BCUT2D eigenvalue weighted by Crippen LogP contribution is -2.14. The molecule has 2 rings (SSSR count). The molecule has 0 saturated heterocycles. The molecule has 2 aromatic carbocycles. The van der Waals surface area contributed by atoms with E-state index in [1.807, 2.05) is 37.3 Å². The van der Waals surface area contributed by atoms with Crippen LogP contribution in [0.15, 0.2) is 36.4 Å². The lowest BCUT2D eigenvalue weighted by molar-refractivity contribution is -0.497. The standard InChI is InChI=1S/C17H17NO4/c1-11-8-12(2)16(17(19)20)15(10-18(21)22)14(11)9-13-6-4-3-5-7-13/h3-8H,9-10H2,1-2H3,(H,19,20). The first-order valence-electron chi connectivity index (χ1n) is 6.91. The Morgan fingerprint density at radius 1 is 1.14 bits per heavy atom. The molecule has 0 spiro atoms. The fraction of sp³-hybridized carbons (Fsp3) is 0.235. The van der Waals surface area contributed by atoms with E-state index in [1.165, 1.54) is 0 Å². The van der Waals surface area contributed by atoms with Crippen LogP contribution >= 0.6 is 0 Å². The highest BCUT2D eigenvalue weighted by Crippen LogP contribution is 2.26. The van der Waals surface area contributed by atoms with Gasteiger partial charge in [0.15, 0.2) is 0 Å². The van der Waals surface area contributed by atoms with Gasteiger partial charge in [-0.15, -0.1) is 0 Å². The molecule has 5 nitrogen and oxygen atoms in total. The molecule has 0 heterocycles. The van der Waals surface area contributed by atoms with Gasteiger partial charge in [0.25, 0.3) is 0 Å². The number of nitro groups is 1. The van der Waals surface area contributed by atoms with Crippen LogP contribution in [0, 0.1) is 24.0 Å². The monoisotopic (exact) mass is 299 g/mol. The van der Waals surface area contributed by atoms with E-state index in [-0.39, 0.29) is 5.56 Å². The molecule has 5 heteroatoms. The molecular weight excluding hydrogens is 282 g/mol. The summed E-state index contributed by atoms with van der Waals surface area (Å²) < 4.78 is 0. The van der Waals surface area contributed by atoms with Gasteiger partial charge in [0.1, 0.15) is 0 Å². The van der Waals surface area contributed by atoms with Crippen LogP contribution in [0.1, 0.15) is 38.2 Å². The topological polar surface area (TPSA) is 80.4 Å². The highest BCUT2D eigenvalue weighted by molar-refractivity contribution is 5.91. The van der Waals surface area contributed by atoms with Gasteiger partial charge in [-0.2, -0.15) is 0 Å². The molecule has 0 aliphatic heterocycles. The number of hydrogen-bond acceptors (Lipinski definition) is 3. The van der Waals surface area contributed by atoms with Gasteiger partial charge in [-0.1, -0.05) is 36.4 Å². The summed E-state index contributed by atoms with van der Waals surface area (Å²) in [5, 5.41) is 20.4. The number of carboxylic acids is 1. The second kappa shape index (κ2) is 6.39. The van der Waals surface area contributed by atoms with E-state index in [9.17, 15) is 20.0 Å². The first kappa shape index (κ1) is 15.7. The highest BCUT2D eigenvalue weighted by Gasteiger charge is 2.22. The predicted molar refractivity (Wildman–Crippen MR) is 82.8 cm³/mol. The van der Waals surface area contributed by atoms with Crippen LogP contribution in [0.4, 0.5) is 0 Å². The average molecular weight is 299 g/mol. The average Bonchev–Trinajstić information content (AvgIpc) is 2.43. The Balaban J connectivity index is 2.62. The molecule has 0 bridgehead atoms. The van der Waals surface area contributed by atoms with Crippen LogP contribution in [0.5, 0.6) is 0 Å². The van der Waals surface area contributed by atoms with E-state index < -0.39 is 17.4 Å². The molecule has 0 unspecified atom stereocenters. The van der Waals surface area contributed by atoms with Crippen molar-refractivity contribution < 1.29 is 14.8 Å². The number of nitrogens with zero attached hydrogens (tertiary/aromatic N) is 1. The zero-order valence-electron chi connectivity index (χ0n) is 12.5. The van der Waals surface area contributed by atoms with Gasteiger partial charge in [-0.05, 0) is 42.5 Å².